The van der Waals surface area contributed by atoms with Gasteiger partial charge in [0.1, 0.15) is 23.0 Å². The number of hydrogen-bond donors (Lipinski definition) is 1. The minimum Gasteiger partial charge on any atom is -0.466 e. The average Bonchev–Trinajstić information content (AvgIpc) is 2.99. The number of methoxy groups -OCH3 is 1. The van der Waals surface area contributed by atoms with Crippen LogP contribution >= 0.6 is 11.6 Å². The zero-order valence-corrected chi connectivity index (χ0v) is 17.6. The van der Waals surface area contributed by atoms with E-state index >= 15 is 0 Å². The lowest BCUT2D eigenvalue weighted by molar-refractivity contribution is -0.138. The van der Waals surface area contributed by atoms with Gasteiger partial charge in [0.15, 0.2) is 5.41 Å². The smallest absolute Gasteiger partial charge is 0.339 e. The number of ether oxygens (including phenoxy) is 2. The molecule has 1 unspecified atom stereocenters. The van der Waals surface area contributed by atoms with Crippen LogP contribution in [-0.2, 0) is 31.0 Å². The Labute approximate surface area is 183 Å². The molecule has 2 aromatic carbocycles. The van der Waals surface area contributed by atoms with Crippen molar-refractivity contribution in [1.29, 1.82) is 5.26 Å². The van der Waals surface area contributed by atoms with Crippen LogP contribution in [0.4, 0.5) is 5.69 Å². The second-order valence-corrected chi connectivity index (χ2v) is 7.53. The normalized spacial score (nSPS) is 19.9. The number of anilines is 1. The number of nitrogens with two attached hydrogens (primary N) is 1. The van der Waals surface area contributed by atoms with Gasteiger partial charge in [-0.05, 0) is 24.6 Å². The molecule has 0 aliphatic carbocycles. The number of nitrogens with zero attached hydrogens (tertiary/aromatic N) is 2. The van der Waals surface area contributed by atoms with Crippen LogP contribution in [0.2, 0.25) is 5.02 Å². The first-order valence-corrected chi connectivity index (χ1v) is 9.78. The summed E-state index contributed by atoms with van der Waals surface area (Å²) in [6.07, 6.45) is 0. The van der Waals surface area contributed by atoms with Crippen LogP contribution in [0.5, 0.6) is 0 Å². The molecule has 1 atom stereocenters. The third kappa shape index (κ3) is 2.80. The van der Waals surface area contributed by atoms with Crippen molar-refractivity contribution in [2.45, 2.75) is 18.9 Å². The molecule has 2 heterocycles. The zero-order valence-electron chi connectivity index (χ0n) is 16.8. The van der Waals surface area contributed by atoms with Crippen molar-refractivity contribution >= 4 is 29.2 Å². The van der Waals surface area contributed by atoms with E-state index in [4.69, 9.17) is 26.8 Å². The van der Waals surface area contributed by atoms with Gasteiger partial charge in [-0.1, -0.05) is 48.0 Å². The fraction of sp³-hybridized carbons (Fsp3) is 0.174. The molecule has 2 aliphatic rings. The number of nitriles is 1. The third-order valence-corrected chi connectivity index (χ3v) is 5.93. The molecule has 2 aromatic rings. The number of carbonyl (C=O) groups excluding carboxylic acids is 2. The Morgan fingerprint density at radius 3 is 2.61 bits per heavy atom. The van der Waals surface area contributed by atoms with E-state index in [-0.39, 0.29) is 29.3 Å². The van der Waals surface area contributed by atoms with E-state index in [1.165, 1.54) is 18.9 Å². The number of carbonyl (C=O) groups is 2. The largest absolute Gasteiger partial charge is 0.466 e. The summed E-state index contributed by atoms with van der Waals surface area (Å²) in [5, 5.41) is 10.5. The van der Waals surface area contributed by atoms with Crippen molar-refractivity contribution < 1.29 is 19.1 Å². The monoisotopic (exact) mass is 435 g/mol. The molecule has 7 nitrogen and oxygen atoms in total. The number of rotatable bonds is 3. The first kappa shape index (κ1) is 20.5. The maximum Gasteiger partial charge on any atom is 0.339 e. The zero-order chi connectivity index (χ0) is 22.3. The van der Waals surface area contributed by atoms with Gasteiger partial charge in [0, 0.05) is 16.3 Å². The van der Waals surface area contributed by atoms with Crippen molar-refractivity contribution in [3.63, 3.8) is 0 Å². The number of para-hydroxylation sites is 1. The summed E-state index contributed by atoms with van der Waals surface area (Å²) in [6.45, 7) is 1.66. The third-order valence-electron chi connectivity index (χ3n) is 5.56. The van der Waals surface area contributed by atoms with Gasteiger partial charge in [-0.15, -0.1) is 0 Å². The summed E-state index contributed by atoms with van der Waals surface area (Å²) >= 11 is 6.34. The van der Waals surface area contributed by atoms with Crippen molar-refractivity contribution in [2.24, 2.45) is 5.73 Å². The Morgan fingerprint density at radius 2 is 1.94 bits per heavy atom. The molecular formula is C23H18ClN3O4. The standard InChI is InChI=1S/C23H18ClN3O4/c1-13-19(21(28)30-2)23(16(11-25)20(26)31-13)15-8-4-6-10-18(15)27(22(23)29)12-14-7-3-5-9-17(14)24/h3-10H,12,26H2,1-2H3. The Morgan fingerprint density at radius 1 is 1.26 bits per heavy atom. The van der Waals surface area contributed by atoms with E-state index in [0.29, 0.717) is 21.8 Å². The van der Waals surface area contributed by atoms with Crippen LogP contribution in [0.15, 0.2) is 71.3 Å². The fourth-order valence-corrected chi connectivity index (χ4v) is 4.46. The van der Waals surface area contributed by atoms with Gasteiger partial charge in [-0.25, -0.2) is 4.79 Å². The highest BCUT2D eigenvalue weighted by Crippen LogP contribution is 2.54. The van der Waals surface area contributed by atoms with Crippen molar-refractivity contribution in [2.75, 3.05) is 12.0 Å². The minimum absolute atomic E-state index is 0.0696. The first-order valence-electron chi connectivity index (χ1n) is 9.40. The number of allylic oxidation sites excluding steroid dienone is 1. The molecule has 2 N–H and O–H groups in total. The lowest BCUT2D eigenvalue weighted by Crippen LogP contribution is -2.48. The second kappa shape index (κ2) is 7.49. The number of fused-ring (bicyclic) bond motifs is 2. The van der Waals surface area contributed by atoms with Crippen LogP contribution in [-0.4, -0.2) is 19.0 Å². The molecule has 156 valence electrons. The number of benzene rings is 2. The first-order chi connectivity index (χ1) is 14.9. The molecule has 1 spiro atoms. The van der Waals surface area contributed by atoms with Crippen LogP contribution < -0.4 is 10.6 Å². The number of esters is 1. The minimum atomic E-state index is -1.77. The summed E-state index contributed by atoms with van der Waals surface area (Å²) in [6, 6.07) is 16.1. The molecule has 0 bridgehead atoms. The molecule has 0 radical (unpaired) electrons. The molecule has 31 heavy (non-hydrogen) atoms. The predicted molar refractivity (Wildman–Crippen MR) is 113 cm³/mol. The Hall–Kier alpha value is -3.76. The molecule has 0 saturated carbocycles. The van der Waals surface area contributed by atoms with Crippen molar-refractivity contribution in [3.05, 3.63) is 87.5 Å². The molecule has 2 aliphatic heterocycles. The van der Waals surface area contributed by atoms with E-state index < -0.39 is 17.3 Å². The van der Waals surface area contributed by atoms with Gasteiger partial charge in [-0.2, -0.15) is 5.26 Å². The molecule has 0 aromatic heterocycles. The summed E-state index contributed by atoms with van der Waals surface area (Å²) in [4.78, 5) is 28.4. The molecule has 4 rings (SSSR count). The summed E-state index contributed by atoms with van der Waals surface area (Å²) in [7, 11) is 1.21. The van der Waals surface area contributed by atoms with E-state index in [1.54, 1.807) is 36.4 Å². The number of amides is 1. The summed E-state index contributed by atoms with van der Waals surface area (Å²) in [5.74, 6) is -1.40. The van der Waals surface area contributed by atoms with Gasteiger partial charge >= 0.3 is 5.97 Å². The van der Waals surface area contributed by atoms with Gasteiger partial charge in [0.2, 0.25) is 11.8 Å². The average molecular weight is 436 g/mol. The van der Waals surface area contributed by atoms with Crippen LogP contribution in [0.1, 0.15) is 18.1 Å². The quantitative estimate of drug-likeness (QED) is 0.741. The van der Waals surface area contributed by atoms with E-state index in [1.807, 2.05) is 18.2 Å². The highest BCUT2D eigenvalue weighted by molar-refractivity contribution is 6.31. The predicted octanol–water partition coefficient (Wildman–Crippen LogP) is 3.30. The lowest BCUT2D eigenvalue weighted by Gasteiger charge is -2.34. The fourth-order valence-electron chi connectivity index (χ4n) is 4.27. The summed E-state index contributed by atoms with van der Waals surface area (Å²) < 4.78 is 10.4. The Balaban J connectivity index is 2.02. The van der Waals surface area contributed by atoms with Crippen molar-refractivity contribution in [1.82, 2.24) is 0 Å². The lowest BCUT2D eigenvalue weighted by atomic mass is 9.68. The Bertz CT molecular complexity index is 1230. The molecule has 0 fully saturated rings. The number of halogens is 1. The summed E-state index contributed by atoms with van der Waals surface area (Å²) in [5.41, 5.74) is 5.75. The molecule has 1 amide bonds. The maximum atomic E-state index is 14.1. The molecular weight excluding hydrogens is 418 g/mol. The SMILES string of the molecule is COC(=O)C1=C(C)OC(N)=C(C#N)C12C(=O)N(Cc1ccccc1Cl)c1ccccc12. The van der Waals surface area contributed by atoms with Gasteiger partial charge in [-0.3, -0.25) is 4.79 Å². The van der Waals surface area contributed by atoms with Crippen LogP contribution in [0.25, 0.3) is 0 Å². The number of hydrogen-bond acceptors (Lipinski definition) is 6. The van der Waals surface area contributed by atoms with Crippen molar-refractivity contribution in [3.8, 4) is 6.07 Å². The van der Waals surface area contributed by atoms with Crippen LogP contribution in [0, 0.1) is 11.3 Å². The topological polar surface area (TPSA) is 106 Å². The highest BCUT2D eigenvalue weighted by Gasteiger charge is 2.62. The van der Waals surface area contributed by atoms with Gasteiger partial charge in [0.25, 0.3) is 0 Å². The van der Waals surface area contributed by atoms with E-state index in [9.17, 15) is 14.9 Å². The maximum absolute atomic E-state index is 14.1. The molecule has 0 saturated heterocycles. The second-order valence-electron chi connectivity index (χ2n) is 7.13. The van der Waals surface area contributed by atoms with Gasteiger partial charge < -0.3 is 20.1 Å². The highest BCUT2D eigenvalue weighted by atomic mass is 35.5. The van der Waals surface area contributed by atoms with Crippen LogP contribution in [0.3, 0.4) is 0 Å². The van der Waals surface area contributed by atoms with E-state index in [0.717, 1.165) is 0 Å². The Kier molecular flexibility index (Phi) is 4.96. The molecule has 8 heteroatoms. The van der Waals surface area contributed by atoms with E-state index in [2.05, 4.69) is 0 Å². The van der Waals surface area contributed by atoms with Gasteiger partial charge in [0.05, 0.1) is 13.7 Å².